The van der Waals surface area contributed by atoms with Gasteiger partial charge in [0.15, 0.2) is 6.10 Å². The Morgan fingerprint density at radius 1 is 0.889 bits per heavy atom. The summed E-state index contributed by atoms with van der Waals surface area (Å²) in [5, 5.41) is 30.1. The monoisotopic (exact) mass is 636 g/mol. The first-order valence-corrected chi connectivity index (χ1v) is 17.9. The van der Waals surface area contributed by atoms with Gasteiger partial charge < -0.3 is 24.8 Å². The van der Waals surface area contributed by atoms with Crippen LogP contribution in [0.4, 0.5) is 0 Å². The molecule has 0 aromatic heterocycles. The predicted octanol–water partition coefficient (Wildman–Crippen LogP) is 7.17. The molecule has 1 rings (SSSR count). The number of ketones is 1. The Bertz CT molecular complexity index is 851. The van der Waals surface area contributed by atoms with E-state index in [-0.39, 0.29) is 43.0 Å². The molecule has 0 aliphatic heterocycles. The third-order valence-electron chi connectivity index (χ3n) is 8.54. The number of hydrogen-bond acceptors (Lipinski definition) is 8. The molecule has 0 saturated heterocycles. The lowest BCUT2D eigenvalue weighted by atomic mass is 9.90. The molecule has 0 aromatic carbocycles. The van der Waals surface area contributed by atoms with E-state index in [0.717, 1.165) is 44.4 Å². The fourth-order valence-corrected chi connectivity index (χ4v) is 5.72. The first-order valence-electron chi connectivity index (χ1n) is 17.9. The quantitative estimate of drug-likeness (QED) is 0.0492. The molecule has 8 heteroatoms. The number of esters is 2. The fourth-order valence-electron chi connectivity index (χ4n) is 5.72. The van der Waals surface area contributed by atoms with Gasteiger partial charge in [-0.15, -0.1) is 0 Å². The molecule has 0 radical (unpaired) electrons. The van der Waals surface area contributed by atoms with Crippen molar-refractivity contribution in [3.63, 3.8) is 0 Å². The molecular formula is C37H64O8. The Morgan fingerprint density at radius 2 is 1.53 bits per heavy atom. The number of carbonyl (C=O) groups is 3. The average Bonchev–Trinajstić information content (AvgIpc) is 3.27. The molecule has 3 N–H and O–H groups in total. The van der Waals surface area contributed by atoms with Crippen molar-refractivity contribution in [1.82, 2.24) is 0 Å². The number of carbonyl (C=O) groups excluding carboxylic acids is 3. The minimum atomic E-state index is -0.873. The third-order valence-corrected chi connectivity index (χ3v) is 8.54. The van der Waals surface area contributed by atoms with E-state index in [1.54, 1.807) is 12.2 Å². The topological polar surface area (TPSA) is 130 Å². The molecule has 8 nitrogen and oxygen atoms in total. The molecule has 0 aromatic rings. The van der Waals surface area contributed by atoms with Gasteiger partial charge >= 0.3 is 11.9 Å². The molecule has 260 valence electrons. The van der Waals surface area contributed by atoms with Crippen LogP contribution in [0.2, 0.25) is 0 Å². The van der Waals surface area contributed by atoms with E-state index >= 15 is 0 Å². The molecule has 1 fully saturated rings. The number of aliphatic hydroxyl groups is 3. The molecule has 0 spiro atoms. The maximum Gasteiger partial charge on any atom is 0.306 e. The number of hydrogen-bond donors (Lipinski definition) is 3. The van der Waals surface area contributed by atoms with E-state index in [1.807, 2.05) is 12.2 Å². The summed E-state index contributed by atoms with van der Waals surface area (Å²) in [6.07, 6.45) is 21.8. The van der Waals surface area contributed by atoms with Gasteiger partial charge in [-0.05, 0) is 38.0 Å². The summed E-state index contributed by atoms with van der Waals surface area (Å²) in [6.45, 7) is 6.08. The van der Waals surface area contributed by atoms with E-state index < -0.39 is 30.9 Å². The molecular weight excluding hydrogens is 572 g/mol. The minimum absolute atomic E-state index is 0.0276. The molecule has 0 unspecified atom stereocenters. The Hall–Kier alpha value is -2.03. The molecule has 45 heavy (non-hydrogen) atoms. The van der Waals surface area contributed by atoms with Crippen LogP contribution in [-0.4, -0.2) is 64.6 Å². The van der Waals surface area contributed by atoms with E-state index in [2.05, 4.69) is 20.8 Å². The molecule has 0 amide bonds. The van der Waals surface area contributed by atoms with Crippen LogP contribution in [0.5, 0.6) is 0 Å². The Labute approximate surface area is 273 Å². The van der Waals surface area contributed by atoms with Gasteiger partial charge in [-0.3, -0.25) is 14.4 Å². The number of Topliss-reactive ketones (excluding diaryl/α,β-unsaturated/α-hetero) is 1. The van der Waals surface area contributed by atoms with Gasteiger partial charge in [-0.25, -0.2) is 0 Å². The van der Waals surface area contributed by atoms with Crippen molar-refractivity contribution in [1.29, 1.82) is 0 Å². The van der Waals surface area contributed by atoms with Crippen LogP contribution in [0, 0.1) is 17.8 Å². The van der Waals surface area contributed by atoms with Crippen LogP contribution in [0.25, 0.3) is 0 Å². The zero-order valence-corrected chi connectivity index (χ0v) is 28.5. The van der Waals surface area contributed by atoms with Gasteiger partial charge in [-0.2, -0.15) is 0 Å². The number of allylic oxidation sites excluding steroid dienone is 2. The fraction of sp³-hybridized carbons (Fsp3) is 0.811. The highest BCUT2D eigenvalue weighted by Gasteiger charge is 2.39. The second-order valence-electron chi connectivity index (χ2n) is 13.2. The van der Waals surface area contributed by atoms with Gasteiger partial charge in [0.25, 0.3) is 0 Å². The molecule has 5 atom stereocenters. The summed E-state index contributed by atoms with van der Waals surface area (Å²) in [6, 6.07) is 0. The van der Waals surface area contributed by atoms with Crippen molar-refractivity contribution in [3.8, 4) is 0 Å². The lowest BCUT2D eigenvalue weighted by Crippen LogP contribution is -2.28. The highest BCUT2D eigenvalue weighted by molar-refractivity contribution is 5.84. The van der Waals surface area contributed by atoms with E-state index in [1.165, 1.54) is 38.5 Å². The summed E-state index contributed by atoms with van der Waals surface area (Å²) >= 11 is 0. The highest BCUT2D eigenvalue weighted by atomic mass is 16.6. The van der Waals surface area contributed by atoms with Gasteiger partial charge in [0, 0.05) is 31.1 Å². The van der Waals surface area contributed by atoms with Crippen LogP contribution in [-0.2, 0) is 23.9 Å². The maximum absolute atomic E-state index is 12.4. The van der Waals surface area contributed by atoms with Gasteiger partial charge in [-0.1, -0.05) is 116 Å². The number of aliphatic hydroxyl groups excluding tert-OH is 3. The van der Waals surface area contributed by atoms with E-state index in [4.69, 9.17) is 9.47 Å². The van der Waals surface area contributed by atoms with Crippen molar-refractivity contribution in [2.75, 3.05) is 13.2 Å². The summed E-state index contributed by atoms with van der Waals surface area (Å²) in [7, 11) is 0. The average molecular weight is 637 g/mol. The number of ether oxygens (including phenoxy) is 2. The molecule has 1 saturated carbocycles. The second kappa shape index (κ2) is 26.1. The van der Waals surface area contributed by atoms with Crippen molar-refractivity contribution in [3.05, 3.63) is 24.3 Å². The maximum atomic E-state index is 12.4. The molecule has 1 aliphatic carbocycles. The lowest BCUT2D eigenvalue weighted by molar-refractivity contribution is -0.161. The minimum Gasteiger partial charge on any atom is -0.462 e. The predicted molar refractivity (Wildman–Crippen MR) is 178 cm³/mol. The normalized spacial score (nSPS) is 20.0. The highest BCUT2D eigenvalue weighted by Crippen LogP contribution is 2.33. The van der Waals surface area contributed by atoms with Crippen molar-refractivity contribution < 1.29 is 39.2 Å². The van der Waals surface area contributed by atoms with Gasteiger partial charge in [0.1, 0.15) is 12.4 Å². The summed E-state index contributed by atoms with van der Waals surface area (Å²) in [5.74, 6) is -0.603. The van der Waals surface area contributed by atoms with Crippen LogP contribution >= 0.6 is 0 Å². The second-order valence-corrected chi connectivity index (χ2v) is 13.2. The van der Waals surface area contributed by atoms with E-state index in [9.17, 15) is 29.7 Å². The van der Waals surface area contributed by atoms with Crippen LogP contribution in [0.1, 0.15) is 143 Å². The number of rotatable bonds is 27. The Kier molecular flexibility index (Phi) is 23.8. The van der Waals surface area contributed by atoms with Crippen molar-refractivity contribution in [2.45, 2.75) is 161 Å². The molecule has 1 aliphatic rings. The van der Waals surface area contributed by atoms with Crippen LogP contribution in [0.15, 0.2) is 24.3 Å². The van der Waals surface area contributed by atoms with Crippen LogP contribution < -0.4 is 0 Å². The lowest BCUT2D eigenvalue weighted by Gasteiger charge is -2.16. The van der Waals surface area contributed by atoms with Gasteiger partial charge in [0.2, 0.25) is 0 Å². The SMILES string of the molecule is CCCCC[C@H](O)/C=C/[C@H]1[C@H](O)CC(=O)[C@@H]1C/C=C\CCCC(=O)O[C@@H](CO)COC(=O)CCCCCCCCCCC(C)C. The zero-order valence-electron chi connectivity index (χ0n) is 28.5. The standard InChI is InChI=1S/C37H64O8/c1-4-5-14-20-30(39)24-25-33-32(34(40)26-35(33)41)21-16-12-13-18-23-37(43)45-31(27-38)28-44-36(42)22-17-11-9-7-6-8-10-15-19-29(2)3/h12,16,24-25,29-33,35,38-39,41H,4-11,13-15,17-23,26-28H2,1-3H3/b16-12-,25-24+/t30-,31-,32+,33+,35+/m0/s1. The van der Waals surface area contributed by atoms with Gasteiger partial charge in [0.05, 0.1) is 18.8 Å². The number of unbranched alkanes of at least 4 members (excludes halogenated alkanes) is 10. The van der Waals surface area contributed by atoms with E-state index in [0.29, 0.717) is 32.1 Å². The summed E-state index contributed by atoms with van der Waals surface area (Å²) in [4.78, 5) is 36.7. The Balaban J connectivity index is 2.19. The zero-order chi connectivity index (χ0) is 33.3. The van der Waals surface area contributed by atoms with Crippen molar-refractivity contribution in [2.24, 2.45) is 17.8 Å². The Morgan fingerprint density at radius 3 is 2.20 bits per heavy atom. The molecule has 0 bridgehead atoms. The van der Waals surface area contributed by atoms with Crippen molar-refractivity contribution >= 4 is 17.7 Å². The third kappa shape index (κ3) is 20.7. The summed E-state index contributed by atoms with van der Waals surface area (Å²) in [5.41, 5.74) is 0. The largest absolute Gasteiger partial charge is 0.462 e. The first-order chi connectivity index (χ1) is 21.7. The van der Waals surface area contributed by atoms with Crippen LogP contribution in [0.3, 0.4) is 0 Å². The molecule has 0 heterocycles. The smallest absolute Gasteiger partial charge is 0.306 e. The summed E-state index contributed by atoms with van der Waals surface area (Å²) < 4.78 is 10.5. The first kappa shape index (κ1) is 41.0.